The normalized spacial score (nSPS) is 33.7. The molecule has 2 aliphatic carbocycles. The number of carbonyl (C=O) groups excluding carboxylic acids is 4. The van der Waals surface area contributed by atoms with Gasteiger partial charge in [-0.2, -0.15) is 0 Å². The summed E-state index contributed by atoms with van der Waals surface area (Å²) in [5, 5.41) is 0. The maximum atomic E-state index is 15.8. The molecule has 6 fully saturated rings. The molecule has 58 heavy (non-hydrogen) atoms. The average Bonchev–Trinajstić information content (AvgIpc) is 3.21. The molecule has 0 N–H and O–H groups in total. The minimum absolute atomic E-state index is 0.0828. The van der Waals surface area contributed by atoms with Crippen molar-refractivity contribution in [1.82, 2.24) is 9.80 Å². The highest BCUT2D eigenvalue weighted by atomic mass is 16.6. The van der Waals surface area contributed by atoms with Crippen molar-refractivity contribution in [3.8, 4) is 0 Å². The fourth-order valence-electron chi connectivity index (χ4n) is 13.3. The van der Waals surface area contributed by atoms with Gasteiger partial charge in [0.05, 0.1) is 26.4 Å². The molecule has 0 unspecified atom stereocenters. The molecule has 0 radical (unpaired) electrons. The number of hydrogen-bond donors (Lipinski definition) is 0. The van der Waals surface area contributed by atoms with Crippen molar-refractivity contribution in [3.63, 3.8) is 0 Å². The Morgan fingerprint density at radius 1 is 0.414 bits per heavy atom. The van der Waals surface area contributed by atoms with Gasteiger partial charge in [0.1, 0.15) is 21.7 Å². The Morgan fingerprint density at radius 2 is 0.655 bits per heavy atom. The molecule has 4 aromatic carbocycles. The summed E-state index contributed by atoms with van der Waals surface area (Å²) in [4.78, 5) is 67.4. The zero-order chi connectivity index (χ0) is 40.5. The highest BCUT2D eigenvalue weighted by Gasteiger charge is 3.06. The minimum atomic E-state index is -1.51. The third kappa shape index (κ3) is 4.50. The standard InChI is InChI=1S/C48H50N2O8/c1-5-55-41(51)45-35(33-25-17-11-18-26-33)46(42(52)56-6-2)39-48(44(54)58-8-4)36(34-27-19-12-20-28-34)47(43(53)57-7-3,37(45)49(39)29-31-21-13-9-14-22-31)38(45)50(40(46)48)30-32-23-15-10-16-24-32/h9-28,35-40H,5-8,29-30H2,1-4H3. The molecule has 300 valence electrons. The molecule has 4 aliphatic heterocycles. The smallest absolute Gasteiger partial charge is 0.316 e. The van der Waals surface area contributed by atoms with E-state index in [0.29, 0.717) is 0 Å². The second-order valence-corrected chi connectivity index (χ2v) is 16.2. The molecule has 4 aromatic rings. The van der Waals surface area contributed by atoms with E-state index in [4.69, 9.17) is 18.9 Å². The van der Waals surface area contributed by atoms with E-state index >= 15 is 19.2 Å². The van der Waals surface area contributed by atoms with Gasteiger partial charge in [0.25, 0.3) is 0 Å². The molecule has 8 bridgehead atoms. The van der Waals surface area contributed by atoms with Crippen LogP contribution in [0.5, 0.6) is 0 Å². The molecule has 0 aromatic heterocycles. The average molecular weight is 783 g/mol. The summed E-state index contributed by atoms with van der Waals surface area (Å²) in [6, 6.07) is 35.4. The lowest BCUT2D eigenvalue weighted by molar-refractivity contribution is -0.449. The minimum Gasteiger partial charge on any atom is -0.465 e. The van der Waals surface area contributed by atoms with Gasteiger partial charge in [-0.25, -0.2) is 0 Å². The Hall–Kier alpha value is -5.32. The SMILES string of the molecule is CCOC(=O)C12C(c3ccccc3)C3(C(=O)OCC)C4N(Cc5ccccc5)C1C1(C(=O)OCC)C(c5ccccc5)C4(C(=O)OCC)C3N(Cc3ccccc3)C21. The summed E-state index contributed by atoms with van der Waals surface area (Å²) in [6.07, 6.45) is 0. The Bertz CT molecular complexity index is 1950. The first-order chi connectivity index (χ1) is 28.3. The van der Waals surface area contributed by atoms with Gasteiger partial charge in [-0.15, -0.1) is 0 Å². The van der Waals surface area contributed by atoms with Gasteiger partial charge >= 0.3 is 23.9 Å². The van der Waals surface area contributed by atoms with Gasteiger partial charge in [0, 0.05) is 49.1 Å². The van der Waals surface area contributed by atoms with Crippen LogP contribution < -0.4 is 0 Å². The first-order valence-corrected chi connectivity index (χ1v) is 20.7. The van der Waals surface area contributed by atoms with Crippen molar-refractivity contribution in [2.24, 2.45) is 21.7 Å². The number of hydrogen-bond acceptors (Lipinski definition) is 10. The van der Waals surface area contributed by atoms with Crippen molar-refractivity contribution in [2.45, 2.75) is 76.8 Å². The molecular formula is C48H50N2O8. The van der Waals surface area contributed by atoms with Crippen molar-refractivity contribution < 1.29 is 38.1 Å². The topological polar surface area (TPSA) is 112 Å². The van der Waals surface area contributed by atoms with Crippen LogP contribution in [-0.2, 0) is 51.2 Å². The third-order valence-corrected chi connectivity index (χ3v) is 14.1. The lowest BCUT2D eigenvalue weighted by Crippen LogP contribution is -3.09. The van der Waals surface area contributed by atoms with E-state index in [-0.39, 0.29) is 39.5 Å². The highest BCUT2D eigenvalue weighted by Crippen LogP contribution is 2.92. The number of rotatable bonds is 14. The van der Waals surface area contributed by atoms with E-state index in [1.165, 1.54) is 0 Å². The highest BCUT2D eigenvalue weighted by molar-refractivity contribution is 6.03. The lowest BCUT2D eigenvalue weighted by Gasteiger charge is -2.95. The van der Waals surface area contributed by atoms with Crippen LogP contribution in [0.1, 0.15) is 61.8 Å². The van der Waals surface area contributed by atoms with E-state index in [2.05, 4.69) is 9.80 Å². The van der Waals surface area contributed by atoms with Crippen LogP contribution in [-0.4, -0.2) is 84.3 Å². The number of ether oxygens (including phenoxy) is 4. The summed E-state index contributed by atoms with van der Waals surface area (Å²) < 4.78 is 25.0. The van der Waals surface area contributed by atoms with Crippen LogP contribution in [0.15, 0.2) is 121 Å². The zero-order valence-electron chi connectivity index (χ0n) is 33.4. The molecule has 2 saturated carbocycles. The van der Waals surface area contributed by atoms with E-state index in [1.54, 1.807) is 27.7 Å². The van der Waals surface area contributed by atoms with E-state index in [0.717, 1.165) is 22.3 Å². The van der Waals surface area contributed by atoms with E-state index in [9.17, 15) is 0 Å². The van der Waals surface area contributed by atoms with Gasteiger partial charge in [0.15, 0.2) is 0 Å². The molecule has 10 rings (SSSR count). The predicted octanol–water partition coefficient (Wildman–Crippen LogP) is 6.30. The van der Waals surface area contributed by atoms with Gasteiger partial charge in [-0.05, 0) is 49.9 Å². The Balaban J connectivity index is 1.48. The van der Waals surface area contributed by atoms with E-state index < -0.39 is 81.5 Å². The van der Waals surface area contributed by atoms with Crippen LogP contribution in [0.2, 0.25) is 0 Å². The Kier molecular flexibility index (Phi) is 9.36. The van der Waals surface area contributed by atoms with Crippen molar-refractivity contribution in [3.05, 3.63) is 144 Å². The maximum Gasteiger partial charge on any atom is 0.316 e. The molecule has 6 aliphatic rings. The fraction of sp³-hybridized carbons (Fsp3) is 0.417. The van der Waals surface area contributed by atoms with Gasteiger partial charge in [-0.3, -0.25) is 29.0 Å². The maximum absolute atomic E-state index is 15.8. The quantitative estimate of drug-likeness (QED) is 0.107. The summed E-state index contributed by atoms with van der Waals surface area (Å²) in [5.74, 6) is -3.64. The first-order valence-electron chi connectivity index (χ1n) is 20.7. The molecule has 4 heterocycles. The van der Waals surface area contributed by atoms with Crippen LogP contribution in [0.25, 0.3) is 0 Å². The second-order valence-electron chi connectivity index (χ2n) is 16.2. The summed E-state index contributed by atoms with van der Waals surface area (Å²) in [7, 11) is 0. The third-order valence-electron chi connectivity index (χ3n) is 14.1. The Labute approximate surface area is 339 Å². The number of nitrogens with zero attached hydrogens (tertiary/aromatic N) is 2. The van der Waals surface area contributed by atoms with Crippen molar-refractivity contribution >= 4 is 23.9 Å². The van der Waals surface area contributed by atoms with Crippen molar-refractivity contribution in [2.75, 3.05) is 26.4 Å². The molecule has 10 nitrogen and oxygen atoms in total. The number of carbonyl (C=O) groups is 4. The summed E-state index contributed by atoms with van der Waals surface area (Å²) >= 11 is 0. The molecular weight excluding hydrogens is 733 g/mol. The fourth-order valence-corrected chi connectivity index (χ4v) is 13.3. The van der Waals surface area contributed by atoms with Crippen molar-refractivity contribution in [1.29, 1.82) is 0 Å². The van der Waals surface area contributed by atoms with Crippen LogP contribution in [0, 0.1) is 21.7 Å². The monoisotopic (exact) mass is 782 g/mol. The number of piperidine rings is 4. The molecule has 10 heteroatoms. The molecule has 0 amide bonds. The van der Waals surface area contributed by atoms with Crippen LogP contribution >= 0.6 is 0 Å². The van der Waals surface area contributed by atoms with Gasteiger partial charge < -0.3 is 18.9 Å². The van der Waals surface area contributed by atoms with Gasteiger partial charge in [0.2, 0.25) is 0 Å². The number of esters is 4. The first kappa shape index (κ1) is 38.2. The summed E-state index contributed by atoms with van der Waals surface area (Å²) in [5.41, 5.74) is -2.75. The second kappa shape index (κ2) is 14.2. The Morgan fingerprint density at radius 3 is 0.897 bits per heavy atom. The lowest BCUT2D eigenvalue weighted by atomic mass is 9.15. The molecule has 0 spiro atoms. The number of benzene rings is 4. The molecule has 0 atom stereocenters. The van der Waals surface area contributed by atoms with E-state index in [1.807, 2.05) is 121 Å². The zero-order valence-corrected chi connectivity index (χ0v) is 33.4. The van der Waals surface area contributed by atoms with Crippen LogP contribution in [0.4, 0.5) is 0 Å². The molecule has 4 saturated heterocycles. The van der Waals surface area contributed by atoms with Crippen LogP contribution in [0.3, 0.4) is 0 Å². The van der Waals surface area contributed by atoms with Gasteiger partial charge in [-0.1, -0.05) is 121 Å². The summed E-state index contributed by atoms with van der Waals surface area (Å²) in [6.45, 7) is 7.94. The largest absolute Gasteiger partial charge is 0.465 e. The predicted molar refractivity (Wildman–Crippen MR) is 214 cm³/mol.